The van der Waals surface area contributed by atoms with Crippen molar-refractivity contribution in [1.29, 1.82) is 0 Å². The molecule has 20 heavy (non-hydrogen) atoms. The SMILES string of the molecule is Cc1ccc(C(=O)C2=CCCCC3=C2CCCC3)cc1. The molecule has 0 amide bonds. The van der Waals surface area contributed by atoms with E-state index in [0.717, 1.165) is 24.0 Å². The topological polar surface area (TPSA) is 17.1 Å². The molecule has 2 aliphatic rings. The second-order valence-electron chi connectivity index (χ2n) is 5.99. The van der Waals surface area contributed by atoms with Gasteiger partial charge in [-0.15, -0.1) is 0 Å². The Hall–Kier alpha value is -1.63. The normalized spacial score (nSPS) is 19.1. The van der Waals surface area contributed by atoms with Crippen LogP contribution < -0.4 is 0 Å². The Morgan fingerprint density at radius 2 is 1.65 bits per heavy atom. The third-order valence-electron chi connectivity index (χ3n) is 4.50. The van der Waals surface area contributed by atoms with Gasteiger partial charge in [-0.2, -0.15) is 0 Å². The maximum Gasteiger partial charge on any atom is 0.192 e. The quantitative estimate of drug-likeness (QED) is 0.676. The first-order chi connectivity index (χ1) is 9.75. The molecule has 3 rings (SSSR count). The standard InChI is InChI=1S/C19H22O/c1-14-10-12-16(13-11-14)19(20)18-9-5-3-7-15-6-2-4-8-17(15)18/h9-13H,2-8H2,1H3. The van der Waals surface area contributed by atoms with Gasteiger partial charge in [0.25, 0.3) is 0 Å². The van der Waals surface area contributed by atoms with E-state index < -0.39 is 0 Å². The molecule has 0 fully saturated rings. The molecule has 0 unspecified atom stereocenters. The van der Waals surface area contributed by atoms with Gasteiger partial charge >= 0.3 is 0 Å². The van der Waals surface area contributed by atoms with Crippen molar-refractivity contribution >= 4 is 5.78 Å². The molecule has 0 saturated heterocycles. The molecule has 0 spiro atoms. The van der Waals surface area contributed by atoms with Crippen molar-refractivity contribution < 1.29 is 4.79 Å². The maximum atomic E-state index is 12.8. The van der Waals surface area contributed by atoms with Crippen LogP contribution in [0.4, 0.5) is 0 Å². The van der Waals surface area contributed by atoms with Crippen LogP contribution >= 0.6 is 0 Å². The number of hydrogen-bond acceptors (Lipinski definition) is 1. The van der Waals surface area contributed by atoms with Gasteiger partial charge in [0.2, 0.25) is 0 Å². The summed E-state index contributed by atoms with van der Waals surface area (Å²) in [6.45, 7) is 2.06. The summed E-state index contributed by atoms with van der Waals surface area (Å²) in [7, 11) is 0. The number of carbonyl (C=O) groups excluding carboxylic acids is 1. The van der Waals surface area contributed by atoms with E-state index in [9.17, 15) is 4.79 Å². The average molecular weight is 266 g/mol. The summed E-state index contributed by atoms with van der Waals surface area (Å²) in [5.41, 5.74) is 5.97. The van der Waals surface area contributed by atoms with Crippen LogP contribution in [0.2, 0.25) is 0 Å². The van der Waals surface area contributed by atoms with Gasteiger partial charge in [-0.3, -0.25) is 4.79 Å². The molecule has 0 heterocycles. The predicted molar refractivity (Wildman–Crippen MR) is 82.9 cm³/mol. The Morgan fingerprint density at radius 1 is 0.950 bits per heavy atom. The van der Waals surface area contributed by atoms with Crippen LogP contribution in [-0.4, -0.2) is 5.78 Å². The van der Waals surface area contributed by atoms with Crippen LogP contribution in [-0.2, 0) is 0 Å². The fourth-order valence-corrected chi connectivity index (χ4v) is 3.34. The minimum absolute atomic E-state index is 0.223. The lowest BCUT2D eigenvalue weighted by atomic mass is 9.84. The zero-order chi connectivity index (χ0) is 13.9. The lowest BCUT2D eigenvalue weighted by Crippen LogP contribution is -2.10. The van der Waals surface area contributed by atoms with Gasteiger partial charge in [0.1, 0.15) is 0 Å². The minimum Gasteiger partial charge on any atom is -0.289 e. The first kappa shape index (κ1) is 13.4. The molecule has 0 aromatic heterocycles. The summed E-state index contributed by atoms with van der Waals surface area (Å²) in [5.74, 6) is 0.223. The van der Waals surface area contributed by atoms with Gasteiger partial charge in [-0.25, -0.2) is 0 Å². The number of hydrogen-bond donors (Lipinski definition) is 0. The Bertz CT molecular complexity index is 572. The van der Waals surface area contributed by atoms with Gasteiger partial charge in [0.15, 0.2) is 5.78 Å². The van der Waals surface area contributed by atoms with E-state index in [1.807, 2.05) is 24.3 Å². The number of aryl methyl sites for hydroxylation is 1. The van der Waals surface area contributed by atoms with Gasteiger partial charge in [0, 0.05) is 11.1 Å². The van der Waals surface area contributed by atoms with E-state index in [1.54, 1.807) is 5.57 Å². The highest BCUT2D eigenvalue weighted by atomic mass is 16.1. The van der Waals surface area contributed by atoms with Crippen molar-refractivity contribution in [3.8, 4) is 0 Å². The molecule has 0 aliphatic heterocycles. The molecule has 0 N–H and O–H groups in total. The average Bonchev–Trinajstić information content (AvgIpc) is 2.69. The zero-order valence-electron chi connectivity index (χ0n) is 12.2. The van der Waals surface area contributed by atoms with Crippen LogP contribution in [0.5, 0.6) is 0 Å². The predicted octanol–water partition coefficient (Wildman–Crippen LogP) is 5.16. The van der Waals surface area contributed by atoms with Gasteiger partial charge in [-0.05, 0) is 57.4 Å². The number of benzene rings is 1. The Morgan fingerprint density at radius 3 is 2.45 bits per heavy atom. The van der Waals surface area contributed by atoms with E-state index >= 15 is 0 Å². The van der Waals surface area contributed by atoms with Crippen LogP contribution in [0.1, 0.15) is 60.9 Å². The molecule has 0 radical (unpaired) electrons. The molecule has 1 heteroatoms. The third-order valence-corrected chi connectivity index (χ3v) is 4.50. The zero-order valence-corrected chi connectivity index (χ0v) is 12.2. The lowest BCUT2D eigenvalue weighted by Gasteiger charge is -2.20. The molecule has 0 saturated carbocycles. The van der Waals surface area contributed by atoms with E-state index in [0.29, 0.717) is 0 Å². The molecule has 104 valence electrons. The van der Waals surface area contributed by atoms with E-state index in [2.05, 4.69) is 13.0 Å². The molecule has 2 aliphatic carbocycles. The molecule has 0 bridgehead atoms. The molecule has 0 atom stereocenters. The molecular weight excluding hydrogens is 244 g/mol. The maximum absolute atomic E-state index is 12.8. The molecule has 1 nitrogen and oxygen atoms in total. The first-order valence-corrected chi connectivity index (χ1v) is 7.78. The number of rotatable bonds is 2. The number of ketones is 1. The van der Waals surface area contributed by atoms with Crippen LogP contribution in [0.15, 0.2) is 47.1 Å². The summed E-state index contributed by atoms with van der Waals surface area (Å²) >= 11 is 0. The van der Waals surface area contributed by atoms with Crippen LogP contribution in [0.25, 0.3) is 0 Å². The van der Waals surface area contributed by atoms with Crippen molar-refractivity contribution in [2.24, 2.45) is 0 Å². The third kappa shape index (κ3) is 2.63. The highest BCUT2D eigenvalue weighted by molar-refractivity contribution is 6.11. The summed E-state index contributed by atoms with van der Waals surface area (Å²) in [4.78, 5) is 12.8. The first-order valence-electron chi connectivity index (χ1n) is 7.78. The highest BCUT2D eigenvalue weighted by Crippen LogP contribution is 2.36. The minimum atomic E-state index is 0.223. The van der Waals surface area contributed by atoms with Crippen molar-refractivity contribution in [2.45, 2.75) is 51.9 Å². The van der Waals surface area contributed by atoms with E-state index in [-0.39, 0.29) is 5.78 Å². The second kappa shape index (κ2) is 5.78. The van der Waals surface area contributed by atoms with Crippen molar-refractivity contribution in [2.75, 3.05) is 0 Å². The summed E-state index contributed by atoms with van der Waals surface area (Å²) in [5, 5.41) is 0. The van der Waals surface area contributed by atoms with Crippen molar-refractivity contribution in [3.05, 3.63) is 58.2 Å². The summed E-state index contributed by atoms with van der Waals surface area (Å²) in [6, 6.07) is 7.99. The largest absolute Gasteiger partial charge is 0.289 e. The van der Waals surface area contributed by atoms with Gasteiger partial charge < -0.3 is 0 Å². The fraction of sp³-hybridized carbons (Fsp3) is 0.421. The van der Waals surface area contributed by atoms with Crippen molar-refractivity contribution in [3.63, 3.8) is 0 Å². The fourth-order valence-electron chi connectivity index (χ4n) is 3.34. The smallest absolute Gasteiger partial charge is 0.192 e. The summed E-state index contributed by atoms with van der Waals surface area (Å²) < 4.78 is 0. The van der Waals surface area contributed by atoms with Crippen LogP contribution in [0.3, 0.4) is 0 Å². The van der Waals surface area contributed by atoms with Crippen LogP contribution in [0, 0.1) is 6.92 Å². The highest BCUT2D eigenvalue weighted by Gasteiger charge is 2.23. The Balaban J connectivity index is 1.96. The number of carbonyl (C=O) groups is 1. The van der Waals surface area contributed by atoms with Crippen molar-refractivity contribution in [1.82, 2.24) is 0 Å². The monoisotopic (exact) mass is 266 g/mol. The number of Topliss-reactive ketones (excluding diaryl/α,β-unsaturated/α-hetero) is 1. The van der Waals surface area contributed by atoms with E-state index in [4.69, 9.17) is 0 Å². The number of allylic oxidation sites excluding steroid dienone is 4. The Kier molecular flexibility index (Phi) is 3.86. The lowest BCUT2D eigenvalue weighted by molar-refractivity contribution is 0.103. The summed E-state index contributed by atoms with van der Waals surface area (Å²) in [6.07, 6.45) is 10.4. The Labute approximate surface area is 121 Å². The molecule has 1 aromatic rings. The van der Waals surface area contributed by atoms with Gasteiger partial charge in [0.05, 0.1) is 0 Å². The molecular formula is C19H22O. The van der Waals surface area contributed by atoms with Gasteiger partial charge in [-0.1, -0.05) is 41.5 Å². The molecule has 1 aromatic carbocycles. The second-order valence-corrected chi connectivity index (χ2v) is 5.99. The van der Waals surface area contributed by atoms with E-state index in [1.165, 1.54) is 43.2 Å².